The molecule has 2 nitrogen and oxygen atoms in total. The van der Waals surface area contributed by atoms with E-state index in [4.69, 9.17) is 9.47 Å². The normalized spacial score (nSPS) is 15.0. The third kappa shape index (κ3) is 6.55. The Morgan fingerprint density at radius 1 is 0.957 bits per heavy atom. The molecule has 0 aliphatic heterocycles. The van der Waals surface area contributed by atoms with Crippen LogP contribution in [0.15, 0.2) is 24.3 Å². The van der Waals surface area contributed by atoms with E-state index in [1.807, 2.05) is 13.8 Å². The summed E-state index contributed by atoms with van der Waals surface area (Å²) in [5.74, 6) is 2.17. The lowest BCUT2D eigenvalue weighted by Crippen LogP contribution is -2.36. The molecule has 0 N–H and O–H groups in total. The quantitative estimate of drug-likeness (QED) is 0.516. The highest BCUT2D eigenvalue weighted by Gasteiger charge is 2.28. The van der Waals surface area contributed by atoms with E-state index in [-0.39, 0.29) is 17.8 Å². The van der Waals surface area contributed by atoms with E-state index in [1.165, 1.54) is 18.4 Å². The predicted molar refractivity (Wildman–Crippen MR) is 99.0 cm³/mol. The molecular formula is C21H36O2. The van der Waals surface area contributed by atoms with Crippen LogP contribution >= 0.6 is 0 Å². The lowest BCUT2D eigenvalue weighted by Gasteiger charge is -2.32. The van der Waals surface area contributed by atoms with Gasteiger partial charge in [-0.25, -0.2) is 0 Å². The van der Waals surface area contributed by atoms with E-state index < -0.39 is 0 Å². The minimum Gasteiger partial charge on any atom is -0.464 e. The highest BCUT2D eigenvalue weighted by Crippen LogP contribution is 2.32. The highest BCUT2D eigenvalue weighted by molar-refractivity contribution is 5.30. The van der Waals surface area contributed by atoms with Crippen LogP contribution in [-0.4, -0.2) is 12.4 Å². The average Bonchev–Trinajstić information content (AvgIpc) is 2.43. The Kier molecular flexibility index (Phi) is 7.60. The van der Waals surface area contributed by atoms with Crippen molar-refractivity contribution in [1.29, 1.82) is 0 Å². The van der Waals surface area contributed by atoms with Gasteiger partial charge in [-0.1, -0.05) is 60.1 Å². The highest BCUT2D eigenvalue weighted by atomic mass is 16.7. The van der Waals surface area contributed by atoms with Crippen molar-refractivity contribution in [3.05, 3.63) is 29.8 Å². The van der Waals surface area contributed by atoms with E-state index >= 15 is 0 Å². The molecule has 0 aliphatic carbocycles. The van der Waals surface area contributed by atoms with Crippen molar-refractivity contribution in [2.75, 3.05) is 0 Å². The van der Waals surface area contributed by atoms with Gasteiger partial charge < -0.3 is 9.47 Å². The molecule has 2 unspecified atom stereocenters. The number of rotatable bonds is 8. The van der Waals surface area contributed by atoms with Gasteiger partial charge in [0.2, 0.25) is 6.29 Å². The molecular weight excluding hydrogens is 284 g/mol. The fourth-order valence-electron chi connectivity index (χ4n) is 2.77. The summed E-state index contributed by atoms with van der Waals surface area (Å²) in [4.78, 5) is 0. The molecule has 0 saturated heterocycles. The summed E-state index contributed by atoms with van der Waals surface area (Å²) in [5.41, 5.74) is 1.34. The standard InChI is InChI=1S/C21H36O2/c1-9-10-19(15(2)3)17-11-13-18(14-12-17)23-20(21(6,7)8)22-16(4)5/h11-16,19-20H,9-10H2,1-8H3. The smallest absolute Gasteiger partial charge is 0.204 e. The molecule has 0 heterocycles. The summed E-state index contributed by atoms with van der Waals surface area (Å²) in [7, 11) is 0. The molecule has 0 saturated carbocycles. The van der Waals surface area contributed by atoms with Crippen molar-refractivity contribution in [1.82, 2.24) is 0 Å². The van der Waals surface area contributed by atoms with E-state index in [9.17, 15) is 0 Å². The first-order valence-electron chi connectivity index (χ1n) is 9.07. The van der Waals surface area contributed by atoms with Crippen molar-refractivity contribution in [2.45, 2.75) is 86.5 Å². The van der Waals surface area contributed by atoms with Crippen LogP contribution < -0.4 is 4.74 Å². The minimum atomic E-state index is -0.245. The zero-order chi connectivity index (χ0) is 17.6. The fraction of sp³-hybridized carbons (Fsp3) is 0.714. The first kappa shape index (κ1) is 20.0. The van der Waals surface area contributed by atoms with E-state index in [1.54, 1.807) is 0 Å². The molecule has 1 rings (SSSR count). The molecule has 0 amide bonds. The molecule has 23 heavy (non-hydrogen) atoms. The van der Waals surface area contributed by atoms with Crippen LogP contribution in [0.1, 0.15) is 79.7 Å². The van der Waals surface area contributed by atoms with Gasteiger partial charge in [-0.2, -0.15) is 0 Å². The minimum absolute atomic E-state index is 0.0639. The molecule has 132 valence electrons. The van der Waals surface area contributed by atoms with Crippen LogP contribution in [0.4, 0.5) is 0 Å². The van der Waals surface area contributed by atoms with Crippen LogP contribution in [0.3, 0.4) is 0 Å². The number of benzene rings is 1. The number of hydrogen-bond donors (Lipinski definition) is 0. The Hall–Kier alpha value is -1.02. The molecule has 2 heteroatoms. The number of hydrogen-bond acceptors (Lipinski definition) is 2. The molecule has 1 aromatic carbocycles. The second-order valence-corrected chi connectivity index (χ2v) is 8.21. The van der Waals surface area contributed by atoms with Gasteiger partial charge in [0.25, 0.3) is 0 Å². The van der Waals surface area contributed by atoms with Crippen LogP contribution in [0.25, 0.3) is 0 Å². The Morgan fingerprint density at radius 3 is 1.91 bits per heavy atom. The van der Waals surface area contributed by atoms with Gasteiger partial charge in [0, 0.05) is 5.41 Å². The average molecular weight is 321 g/mol. The molecule has 0 fully saturated rings. The monoisotopic (exact) mass is 320 g/mol. The summed E-state index contributed by atoms with van der Waals surface area (Å²) in [6.45, 7) is 17.4. The van der Waals surface area contributed by atoms with Gasteiger partial charge in [-0.3, -0.25) is 0 Å². The van der Waals surface area contributed by atoms with Gasteiger partial charge in [-0.15, -0.1) is 0 Å². The predicted octanol–water partition coefficient (Wildman–Crippen LogP) is 6.40. The first-order chi connectivity index (χ1) is 10.6. The largest absolute Gasteiger partial charge is 0.464 e. The Bertz CT molecular complexity index is 440. The summed E-state index contributed by atoms with van der Waals surface area (Å²) in [6, 6.07) is 8.60. The van der Waals surface area contributed by atoms with Crippen molar-refractivity contribution >= 4 is 0 Å². The third-order valence-corrected chi connectivity index (χ3v) is 4.06. The SMILES string of the molecule is CCCC(c1ccc(OC(OC(C)C)C(C)(C)C)cc1)C(C)C. The Balaban J connectivity index is 2.86. The maximum atomic E-state index is 6.12. The van der Waals surface area contributed by atoms with Gasteiger partial charge in [0.15, 0.2) is 0 Å². The van der Waals surface area contributed by atoms with Crippen LogP contribution in [0.5, 0.6) is 5.75 Å². The van der Waals surface area contributed by atoms with Crippen molar-refractivity contribution in [3.63, 3.8) is 0 Å². The Morgan fingerprint density at radius 2 is 1.52 bits per heavy atom. The zero-order valence-electron chi connectivity index (χ0n) is 16.3. The summed E-state index contributed by atoms with van der Waals surface area (Å²) < 4.78 is 12.1. The van der Waals surface area contributed by atoms with Gasteiger partial charge in [-0.05, 0) is 49.8 Å². The van der Waals surface area contributed by atoms with Gasteiger partial charge in [0.1, 0.15) is 5.75 Å². The van der Waals surface area contributed by atoms with Crippen molar-refractivity contribution in [2.24, 2.45) is 11.3 Å². The molecule has 0 spiro atoms. The molecule has 0 bridgehead atoms. The second-order valence-electron chi connectivity index (χ2n) is 8.21. The topological polar surface area (TPSA) is 18.5 Å². The maximum absolute atomic E-state index is 6.12. The molecule has 0 aromatic heterocycles. The van der Waals surface area contributed by atoms with Gasteiger partial charge in [0.05, 0.1) is 6.10 Å². The van der Waals surface area contributed by atoms with E-state index in [0.29, 0.717) is 11.8 Å². The molecule has 0 aliphatic rings. The van der Waals surface area contributed by atoms with Crippen molar-refractivity contribution in [3.8, 4) is 5.75 Å². The Labute approximate surface area is 143 Å². The van der Waals surface area contributed by atoms with E-state index in [2.05, 4.69) is 65.8 Å². The lowest BCUT2D eigenvalue weighted by atomic mass is 9.85. The van der Waals surface area contributed by atoms with Crippen LogP contribution in [-0.2, 0) is 4.74 Å². The first-order valence-corrected chi connectivity index (χ1v) is 9.07. The lowest BCUT2D eigenvalue weighted by molar-refractivity contribution is -0.162. The van der Waals surface area contributed by atoms with E-state index in [0.717, 1.165) is 5.75 Å². The van der Waals surface area contributed by atoms with Crippen LogP contribution in [0, 0.1) is 11.3 Å². The molecule has 2 atom stereocenters. The molecule has 1 aromatic rings. The maximum Gasteiger partial charge on any atom is 0.204 e. The van der Waals surface area contributed by atoms with Gasteiger partial charge >= 0.3 is 0 Å². The summed E-state index contributed by atoms with van der Waals surface area (Å²) in [5, 5.41) is 0. The second kappa shape index (κ2) is 8.73. The summed E-state index contributed by atoms with van der Waals surface area (Å²) >= 11 is 0. The van der Waals surface area contributed by atoms with Crippen molar-refractivity contribution < 1.29 is 9.47 Å². The molecule has 0 radical (unpaired) electrons. The summed E-state index contributed by atoms with van der Waals surface area (Å²) in [6.07, 6.45) is 2.35. The fourth-order valence-corrected chi connectivity index (χ4v) is 2.77. The van der Waals surface area contributed by atoms with Crippen LogP contribution in [0.2, 0.25) is 0 Å². The zero-order valence-corrected chi connectivity index (χ0v) is 16.3. The third-order valence-electron chi connectivity index (χ3n) is 4.06. The number of ether oxygens (including phenoxy) is 2.